The van der Waals surface area contributed by atoms with E-state index in [0.717, 1.165) is 11.3 Å². The van der Waals surface area contributed by atoms with Gasteiger partial charge in [-0.1, -0.05) is 24.3 Å². The van der Waals surface area contributed by atoms with E-state index in [0.29, 0.717) is 12.2 Å². The van der Waals surface area contributed by atoms with Crippen LogP contribution in [0.5, 0.6) is 0 Å². The quantitative estimate of drug-likeness (QED) is 0.578. The minimum Gasteiger partial charge on any atom is -0.375 e. The molecule has 3 rings (SSSR count). The Morgan fingerprint density at radius 1 is 1.14 bits per heavy atom. The fourth-order valence-corrected chi connectivity index (χ4v) is 2.09. The van der Waals surface area contributed by atoms with Gasteiger partial charge in [0, 0.05) is 12.6 Å². The molecular formula is C15H13N5O2. The highest BCUT2D eigenvalue weighted by Gasteiger charge is 2.11. The van der Waals surface area contributed by atoms with Crippen LogP contribution >= 0.6 is 0 Å². The molecule has 0 aliphatic carbocycles. The molecule has 0 saturated carbocycles. The average molecular weight is 295 g/mol. The van der Waals surface area contributed by atoms with Crippen molar-refractivity contribution >= 4 is 11.4 Å². The van der Waals surface area contributed by atoms with Crippen LogP contribution in [0.4, 0.5) is 11.4 Å². The van der Waals surface area contributed by atoms with E-state index < -0.39 is 4.92 Å². The van der Waals surface area contributed by atoms with Crippen molar-refractivity contribution in [3.8, 4) is 5.69 Å². The van der Waals surface area contributed by atoms with Crippen molar-refractivity contribution in [2.24, 2.45) is 0 Å². The minimum atomic E-state index is -0.393. The first-order valence-corrected chi connectivity index (χ1v) is 6.65. The van der Waals surface area contributed by atoms with E-state index in [4.69, 9.17) is 0 Å². The first-order chi connectivity index (χ1) is 10.7. The molecule has 1 N–H and O–H groups in total. The van der Waals surface area contributed by atoms with Crippen molar-refractivity contribution in [3.63, 3.8) is 0 Å². The number of hydrogen-bond donors (Lipinski definition) is 1. The highest BCUT2D eigenvalue weighted by atomic mass is 16.6. The highest BCUT2D eigenvalue weighted by molar-refractivity contribution is 5.61. The Balaban J connectivity index is 1.71. The van der Waals surface area contributed by atoms with Crippen LogP contribution in [0.1, 0.15) is 5.56 Å². The van der Waals surface area contributed by atoms with Crippen LogP contribution in [0.15, 0.2) is 61.2 Å². The topological polar surface area (TPSA) is 85.9 Å². The fraction of sp³-hybridized carbons (Fsp3) is 0.0667. The van der Waals surface area contributed by atoms with Crippen molar-refractivity contribution in [1.29, 1.82) is 0 Å². The third kappa shape index (κ3) is 2.93. The van der Waals surface area contributed by atoms with Gasteiger partial charge in [-0.15, -0.1) is 0 Å². The lowest BCUT2D eigenvalue weighted by atomic mass is 10.2. The SMILES string of the molecule is O=[N+]([O-])c1ccccc1NCc1ccc(-n2cncn2)cc1. The van der Waals surface area contributed by atoms with Gasteiger partial charge in [0.25, 0.3) is 5.69 Å². The normalized spacial score (nSPS) is 10.4. The Labute approximate surface area is 126 Å². The third-order valence-corrected chi connectivity index (χ3v) is 3.20. The number of nitrogens with zero attached hydrogens (tertiary/aromatic N) is 4. The Morgan fingerprint density at radius 2 is 1.91 bits per heavy atom. The van der Waals surface area contributed by atoms with Gasteiger partial charge in [0.2, 0.25) is 0 Å². The summed E-state index contributed by atoms with van der Waals surface area (Å²) in [5.74, 6) is 0. The van der Waals surface area contributed by atoms with Crippen molar-refractivity contribution in [3.05, 3.63) is 76.9 Å². The number of nitro groups is 1. The molecule has 0 fully saturated rings. The predicted molar refractivity (Wildman–Crippen MR) is 81.8 cm³/mol. The van der Waals surface area contributed by atoms with Gasteiger partial charge in [-0.2, -0.15) is 5.10 Å². The smallest absolute Gasteiger partial charge is 0.292 e. The van der Waals surface area contributed by atoms with Gasteiger partial charge in [0.15, 0.2) is 0 Å². The summed E-state index contributed by atoms with van der Waals surface area (Å²) in [6.07, 6.45) is 3.10. The lowest BCUT2D eigenvalue weighted by Crippen LogP contribution is -2.03. The number of aromatic nitrogens is 3. The van der Waals surface area contributed by atoms with Gasteiger partial charge in [0.1, 0.15) is 18.3 Å². The summed E-state index contributed by atoms with van der Waals surface area (Å²) >= 11 is 0. The Hall–Kier alpha value is -3.22. The van der Waals surface area contributed by atoms with Gasteiger partial charge in [-0.05, 0) is 23.8 Å². The average Bonchev–Trinajstić information content (AvgIpc) is 3.08. The van der Waals surface area contributed by atoms with Crippen molar-refractivity contribution in [1.82, 2.24) is 14.8 Å². The summed E-state index contributed by atoms with van der Waals surface area (Å²) < 4.78 is 1.67. The van der Waals surface area contributed by atoms with Crippen LogP contribution in [-0.2, 0) is 6.54 Å². The lowest BCUT2D eigenvalue weighted by molar-refractivity contribution is -0.384. The number of nitro benzene ring substituents is 1. The largest absolute Gasteiger partial charge is 0.375 e. The highest BCUT2D eigenvalue weighted by Crippen LogP contribution is 2.23. The van der Waals surface area contributed by atoms with Crippen LogP contribution in [-0.4, -0.2) is 19.7 Å². The molecule has 2 aromatic carbocycles. The van der Waals surface area contributed by atoms with Gasteiger partial charge in [-0.25, -0.2) is 9.67 Å². The molecule has 0 amide bonds. The summed E-state index contributed by atoms with van der Waals surface area (Å²) in [5.41, 5.74) is 2.50. The fourth-order valence-electron chi connectivity index (χ4n) is 2.09. The van der Waals surface area contributed by atoms with Crippen LogP contribution in [0, 0.1) is 10.1 Å². The molecule has 7 heteroatoms. The first kappa shape index (κ1) is 13.7. The Morgan fingerprint density at radius 3 is 2.59 bits per heavy atom. The molecule has 0 saturated heterocycles. The summed E-state index contributed by atoms with van der Waals surface area (Å²) in [6.45, 7) is 0.502. The number of hydrogen-bond acceptors (Lipinski definition) is 5. The van der Waals surface area contributed by atoms with E-state index in [1.807, 2.05) is 24.3 Å². The van der Waals surface area contributed by atoms with E-state index in [1.54, 1.807) is 29.2 Å². The molecule has 0 spiro atoms. The molecule has 0 radical (unpaired) electrons. The van der Waals surface area contributed by atoms with Crippen LogP contribution in [0.3, 0.4) is 0 Å². The van der Waals surface area contributed by atoms with Crippen molar-refractivity contribution in [2.75, 3.05) is 5.32 Å². The summed E-state index contributed by atoms with van der Waals surface area (Å²) in [4.78, 5) is 14.5. The molecule has 7 nitrogen and oxygen atoms in total. The van der Waals surface area contributed by atoms with Gasteiger partial charge in [-0.3, -0.25) is 10.1 Å². The van der Waals surface area contributed by atoms with Crippen molar-refractivity contribution in [2.45, 2.75) is 6.54 Å². The van der Waals surface area contributed by atoms with E-state index in [1.165, 1.54) is 12.4 Å². The van der Waals surface area contributed by atoms with E-state index in [2.05, 4.69) is 15.4 Å². The number of rotatable bonds is 5. The summed E-state index contributed by atoms with van der Waals surface area (Å²) in [7, 11) is 0. The van der Waals surface area contributed by atoms with Crippen LogP contribution < -0.4 is 5.32 Å². The van der Waals surface area contributed by atoms with Crippen LogP contribution in [0.25, 0.3) is 5.69 Å². The zero-order chi connectivity index (χ0) is 15.4. The lowest BCUT2D eigenvalue weighted by Gasteiger charge is -2.08. The molecule has 1 heterocycles. The molecular weight excluding hydrogens is 282 g/mol. The molecule has 1 aromatic heterocycles. The molecule has 0 atom stereocenters. The molecule has 22 heavy (non-hydrogen) atoms. The molecule has 3 aromatic rings. The van der Waals surface area contributed by atoms with E-state index in [9.17, 15) is 10.1 Å². The number of para-hydroxylation sites is 2. The monoisotopic (exact) mass is 295 g/mol. The van der Waals surface area contributed by atoms with Crippen LogP contribution in [0.2, 0.25) is 0 Å². The molecule has 110 valence electrons. The second-order valence-corrected chi connectivity index (χ2v) is 4.63. The standard InChI is InChI=1S/C15H13N5O2/c21-20(22)15-4-2-1-3-14(15)17-9-12-5-7-13(8-6-12)19-11-16-10-18-19/h1-8,10-11,17H,9H2. The molecule has 0 aliphatic rings. The van der Waals surface area contributed by atoms with Gasteiger partial charge < -0.3 is 5.32 Å². The van der Waals surface area contributed by atoms with E-state index >= 15 is 0 Å². The zero-order valence-corrected chi connectivity index (χ0v) is 11.6. The number of anilines is 1. The Bertz CT molecular complexity index is 769. The van der Waals surface area contributed by atoms with E-state index in [-0.39, 0.29) is 5.69 Å². The Kier molecular flexibility index (Phi) is 3.78. The number of nitrogens with one attached hydrogen (secondary N) is 1. The van der Waals surface area contributed by atoms with Gasteiger partial charge in [0.05, 0.1) is 10.6 Å². The first-order valence-electron chi connectivity index (χ1n) is 6.65. The third-order valence-electron chi connectivity index (χ3n) is 3.20. The second kappa shape index (κ2) is 6.04. The molecule has 0 bridgehead atoms. The molecule has 0 unspecified atom stereocenters. The predicted octanol–water partition coefficient (Wildman–Crippen LogP) is 2.79. The minimum absolute atomic E-state index is 0.0711. The maximum Gasteiger partial charge on any atom is 0.292 e. The number of benzene rings is 2. The maximum absolute atomic E-state index is 11.0. The zero-order valence-electron chi connectivity index (χ0n) is 11.6. The summed E-state index contributed by atoms with van der Waals surface area (Å²) in [6, 6.07) is 14.3. The van der Waals surface area contributed by atoms with Gasteiger partial charge >= 0.3 is 0 Å². The molecule has 0 aliphatic heterocycles. The summed E-state index contributed by atoms with van der Waals surface area (Å²) in [5, 5.41) is 18.1. The second-order valence-electron chi connectivity index (χ2n) is 4.63. The van der Waals surface area contributed by atoms with Crippen molar-refractivity contribution < 1.29 is 4.92 Å². The maximum atomic E-state index is 11.0.